The number of nitrogens with zero attached hydrogens (tertiary/aromatic N) is 1. The maximum absolute atomic E-state index is 9.13. The predicted octanol–water partition coefficient (Wildman–Crippen LogP) is 8.99. The van der Waals surface area contributed by atoms with Crippen molar-refractivity contribution in [3.63, 3.8) is 0 Å². The molecule has 0 spiro atoms. The van der Waals surface area contributed by atoms with E-state index in [4.69, 9.17) is 19.7 Å². The highest BCUT2D eigenvalue weighted by atomic mass is 32.2. The van der Waals surface area contributed by atoms with E-state index in [1.54, 1.807) is 0 Å². The summed E-state index contributed by atoms with van der Waals surface area (Å²) < 4.78 is 11.7. The van der Waals surface area contributed by atoms with Crippen molar-refractivity contribution in [1.29, 1.82) is 0 Å². The maximum Gasteiger partial charge on any atom is 0.130 e. The van der Waals surface area contributed by atoms with Crippen LogP contribution in [0.5, 0.6) is 11.5 Å². The third kappa shape index (κ3) is 6.26. The first kappa shape index (κ1) is 27.8. The van der Waals surface area contributed by atoms with Gasteiger partial charge >= 0.3 is 0 Å². The lowest BCUT2D eigenvalue weighted by Crippen LogP contribution is -2.20. The molecule has 1 heterocycles. The van der Waals surface area contributed by atoms with E-state index < -0.39 is 4.75 Å². The highest BCUT2D eigenvalue weighted by Crippen LogP contribution is 2.43. The molecule has 5 nitrogen and oxygen atoms in total. The Morgan fingerprint density at radius 2 is 1.24 bits per heavy atom. The quantitative estimate of drug-likeness (QED) is 0.0948. The van der Waals surface area contributed by atoms with Gasteiger partial charge in [-0.25, -0.2) is 9.87 Å². The van der Waals surface area contributed by atoms with Gasteiger partial charge in [-0.15, -0.1) is 11.8 Å². The fraction of sp³-hybridized carbons (Fsp3) is 0.139. The minimum Gasteiger partial charge on any atom is -0.489 e. The topological polar surface area (TPSA) is 60.8 Å². The summed E-state index contributed by atoms with van der Waals surface area (Å²) in [5.74, 6) is 1.68. The van der Waals surface area contributed by atoms with Crippen molar-refractivity contribution in [2.45, 2.75) is 24.9 Å². The van der Waals surface area contributed by atoms with Gasteiger partial charge in [0.15, 0.2) is 0 Å². The average molecular weight is 574 g/mol. The molecule has 0 radical (unpaired) electrons. The second-order valence-corrected chi connectivity index (χ2v) is 11.6. The van der Waals surface area contributed by atoms with E-state index >= 15 is 0 Å². The molecular formula is C36H31NO4S. The van der Waals surface area contributed by atoms with Crippen LogP contribution in [0.2, 0.25) is 0 Å². The van der Waals surface area contributed by atoms with Gasteiger partial charge in [-0.2, -0.15) is 0 Å². The van der Waals surface area contributed by atoms with Crippen LogP contribution in [0, 0.1) is 0 Å². The summed E-state index contributed by atoms with van der Waals surface area (Å²) in [5.41, 5.74) is 5.08. The molecule has 1 N–H and O–H groups in total. The molecule has 210 valence electrons. The maximum atomic E-state index is 9.13. The second kappa shape index (κ2) is 12.7. The normalized spacial score (nSPS) is 12.7. The van der Waals surface area contributed by atoms with Crippen molar-refractivity contribution in [1.82, 2.24) is 4.98 Å². The molecule has 0 saturated heterocycles. The molecule has 0 fully saturated rings. The molecule has 1 atom stereocenters. The standard InChI is InChI=1S/C36H31NO4S/c1-36(42-25-41-38,30-13-18-33(19-14-30)39-23-26-10-11-27-6-2-3-8-29(27)22-26)31-15-20-34(21-16-31)40-24-32-17-12-28-7-4-5-9-35(28)37-32/h2-22,38H,23-25H2,1H3. The van der Waals surface area contributed by atoms with Crippen molar-refractivity contribution >= 4 is 33.4 Å². The third-order valence-electron chi connectivity index (χ3n) is 7.47. The monoisotopic (exact) mass is 573 g/mol. The Hall–Kier alpha value is -4.36. The lowest BCUT2D eigenvalue weighted by molar-refractivity contribution is -0.222. The molecule has 0 aliphatic carbocycles. The molecule has 0 amide bonds. The molecule has 6 rings (SSSR count). The number of aromatic nitrogens is 1. The summed E-state index contributed by atoms with van der Waals surface area (Å²) in [6.45, 7) is 3.00. The summed E-state index contributed by atoms with van der Waals surface area (Å²) in [4.78, 5) is 9.16. The average Bonchev–Trinajstić information content (AvgIpc) is 3.05. The van der Waals surface area contributed by atoms with E-state index in [1.807, 2.05) is 60.7 Å². The van der Waals surface area contributed by atoms with E-state index in [1.165, 1.54) is 22.5 Å². The molecule has 0 aliphatic rings. The molecule has 6 aromatic rings. The molecule has 0 saturated carbocycles. The lowest BCUT2D eigenvalue weighted by atomic mass is 9.92. The van der Waals surface area contributed by atoms with Gasteiger partial charge in [-0.1, -0.05) is 84.9 Å². The SMILES string of the molecule is CC(SCOO)(c1ccc(OCc2ccc3ccccc3c2)cc1)c1ccc(OCc2ccc3ccccc3n2)cc1. The third-order valence-corrected chi connectivity index (χ3v) is 8.74. The zero-order valence-corrected chi connectivity index (χ0v) is 24.1. The number of rotatable bonds is 11. The van der Waals surface area contributed by atoms with Crippen LogP contribution in [-0.2, 0) is 22.8 Å². The van der Waals surface area contributed by atoms with Crippen LogP contribution >= 0.6 is 11.8 Å². The Balaban J connectivity index is 1.13. The van der Waals surface area contributed by atoms with E-state index in [0.717, 1.165) is 44.8 Å². The first-order valence-corrected chi connectivity index (χ1v) is 14.8. The number of benzene rings is 5. The smallest absolute Gasteiger partial charge is 0.130 e. The molecule has 0 aliphatic heterocycles. The zero-order chi connectivity index (χ0) is 28.8. The minimum absolute atomic E-state index is 0.128. The molecular weight excluding hydrogens is 542 g/mol. The summed E-state index contributed by atoms with van der Waals surface area (Å²) in [5, 5.41) is 12.7. The second-order valence-electron chi connectivity index (χ2n) is 10.2. The van der Waals surface area contributed by atoms with E-state index in [0.29, 0.717) is 13.2 Å². The van der Waals surface area contributed by atoms with Crippen molar-refractivity contribution in [2.24, 2.45) is 0 Å². The lowest BCUT2D eigenvalue weighted by Gasteiger charge is -2.30. The highest BCUT2D eigenvalue weighted by molar-refractivity contribution is 8.00. The Bertz CT molecular complexity index is 1660. The Labute approximate surface area is 249 Å². The van der Waals surface area contributed by atoms with Crippen molar-refractivity contribution in [3.05, 3.63) is 150 Å². The van der Waals surface area contributed by atoms with Gasteiger partial charge in [0.05, 0.1) is 16.0 Å². The highest BCUT2D eigenvalue weighted by Gasteiger charge is 2.30. The molecule has 1 unspecified atom stereocenters. The predicted molar refractivity (Wildman–Crippen MR) is 170 cm³/mol. The van der Waals surface area contributed by atoms with Crippen LogP contribution in [0.4, 0.5) is 0 Å². The van der Waals surface area contributed by atoms with Crippen molar-refractivity contribution in [3.8, 4) is 11.5 Å². The molecule has 6 heteroatoms. The summed E-state index contributed by atoms with van der Waals surface area (Å²) in [6.07, 6.45) is 0. The molecule has 42 heavy (non-hydrogen) atoms. The first-order valence-electron chi connectivity index (χ1n) is 13.8. The molecule has 0 bridgehead atoms. The summed E-state index contributed by atoms with van der Waals surface area (Å²) >= 11 is 1.50. The Morgan fingerprint density at radius 1 is 0.643 bits per heavy atom. The van der Waals surface area contributed by atoms with Crippen LogP contribution in [0.3, 0.4) is 0 Å². The van der Waals surface area contributed by atoms with Gasteiger partial charge in [0.25, 0.3) is 0 Å². The largest absolute Gasteiger partial charge is 0.489 e. The van der Waals surface area contributed by atoms with E-state index in [-0.39, 0.29) is 5.94 Å². The van der Waals surface area contributed by atoms with Gasteiger partial charge in [0.1, 0.15) is 30.7 Å². The van der Waals surface area contributed by atoms with Crippen LogP contribution in [0.15, 0.2) is 127 Å². The summed E-state index contributed by atoms with van der Waals surface area (Å²) in [6, 6.07) is 43.0. The number of hydrogen-bond acceptors (Lipinski definition) is 6. The number of pyridine rings is 1. The Kier molecular flexibility index (Phi) is 8.38. The number of para-hydroxylation sites is 1. The molecule has 5 aromatic carbocycles. The van der Waals surface area contributed by atoms with Gasteiger partial charge in [0, 0.05) is 5.39 Å². The van der Waals surface area contributed by atoms with E-state index in [2.05, 4.69) is 78.5 Å². The number of fused-ring (bicyclic) bond motifs is 2. The number of thioether (sulfide) groups is 1. The van der Waals surface area contributed by atoms with Crippen LogP contribution < -0.4 is 9.47 Å². The van der Waals surface area contributed by atoms with Gasteiger partial charge in [-0.3, -0.25) is 5.26 Å². The zero-order valence-electron chi connectivity index (χ0n) is 23.3. The van der Waals surface area contributed by atoms with Crippen LogP contribution in [0.1, 0.15) is 29.3 Å². The van der Waals surface area contributed by atoms with Crippen LogP contribution in [-0.4, -0.2) is 16.2 Å². The van der Waals surface area contributed by atoms with E-state index in [9.17, 15) is 0 Å². The number of ether oxygens (including phenoxy) is 2. The number of hydrogen-bond donors (Lipinski definition) is 1. The minimum atomic E-state index is -0.474. The first-order chi connectivity index (χ1) is 20.6. The van der Waals surface area contributed by atoms with Gasteiger partial charge in [-0.05, 0) is 76.9 Å². The van der Waals surface area contributed by atoms with Crippen molar-refractivity contribution < 1.29 is 19.6 Å². The van der Waals surface area contributed by atoms with Crippen molar-refractivity contribution in [2.75, 3.05) is 5.94 Å². The summed E-state index contributed by atoms with van der Waals surface area (Å²) in [7, 11) is 0. The van der Waals surface area contributed by atoms with Gasteiger partial charge in [0.2, 0.25) is 0 Å². The fourth-order valence-corrected chi connectivity index (χ4v) is 5.95. The Morgan fingerprint density at radius 3 is 1.93 bits per heavy atom. The fourth-order valence-electron chi connectivity index (χ4n) is 5.06. The van der Waals surface area contributed by atoms with Gasteiger partial charge < -0.3 is 9.47 Å². The molecule has 1 aromatic heterocycles. The van der Waals surface area contributed by atoms with Crippen LogP contribution in [0.25, 0.3) is 21.7 Å².